The molecule has 0 amide bonds. The fourth-order valence-electron chi connectivity index (χ4n) is 0.0544. The average molecular weight is 267 g/mol. The van der Waals surface area contributed by atoms with E-state index in [1.165, 1.54) is 0 Å². The molecule has 0 aromatic rings. The van der Waals surface area contributed by atoms with Crippen molar-refractivity contribution in [3.8, 4) is 0 Å². The molecule has 60 valence electrons. The van der Waals surface area contributed by atoms with Gasteiger partial charge in [0.05, 0.1) is 5.34 Å². The molecule has 0 spiro atoms. The van der Waals surface area contributed by atoms with Gasteiger partial charge < -0.3 is 9.79 Å². The third-order valence-electron chi connectivity index (χ3n) is 0.133. The van der Waals surface area contributed by atoms with Gasteiger partial charge in [-0.05, 0) is 9.13 Å². The Morgan fingerprint density at radius 1 is 1.18 bits per heavy atom. The van der Waals surface area contributed by atoms with E-state index in [4.69, 9.17) is 23.2 Å². The molecular formula is CH2CaCl2O5P2+2. The molecule has 0 saturated carbocycles. The summed E-state index contributed by atoms with van der Waals surface area (Å²) in [5.74, 6) is 0. The number of halogens is 2. The van der Waals surface area contributed by atoms with Gasteiger partial charge in [0.25, 0.3) is 0 Å². The monoisotopic (exact) mass is 266 g/mol. The zero-order chi connectivity index (χ0) is 8.57. The summed E-state index contributed by atoms with van der Waals surface area (Å²) >= 11 is 9.53. The van der Waals surface area contributed by atoms with E-state index in [1.807, 2.05) is 0 Å². The second-order valence-electron chi connectivity index (χ2n) is 0.630. The normalized spacial score (nSPS) is 10.2. The Kier molecular flexibility index (Phi) is 24.5. The van der Waals surface area contributed by atoms with Crippen molar-refractivity contribution in [3.05, 3.63) is 0 Å². The molecule has 0 N–H and O–H groups in total. The fourth-order valence-corrected chi connectivity index (χ4v) is 0.490. The van der Waals surface area contributed by atoms with Crippen molar-refractivity contribution in [2.75, 3.05) is 5.34 Å². The summed E-state index contributed by atoms with van der Waals surface area (Å²) in [6.07, 6.45) is 0. The van der Waals surface area contributed by atoms with E-state index in [0.29, 0.717) is 0 Å². The predicted molar refractivity (Wildman–Crippen MR) is 38.6 cm³/mol. The number of hydrogen-bond acceptors (Lipinski definition) is 5. The van der Waals surface area contributed by atoms with Gasteiger partial charge in [0, 0.05) is 0 Å². The molecule has 0 aromatic heterocycles. The average Bonchev–Trinajstić information content (AvgIpc) is 1.62. The van der Waals surface area contributed by atoms with Crippen LogP contribution in [0.25, 0.3) is 0 Å². The molecule has 2 unspecified atom stereocenters. The van der Waals surface area contributed by atoms with Crippen LogP contribution in [0.5, 0.6) is 0 Å². The summed E-state index contributed by atoms with van der Waals surface area (Å²) in [6.45, 7) is 0. The first-order valence-electron chi connectivity index (χ1n) is 1.63. The summed E-state index contributed by atoms with van der Waals surface area (Å²) in [6, 6.07) is 0. The van der Waals surface area contributed by atoms with Gasteiger partial charge >= 0.3 is 54.2 Å². The summed E-state index contributed by atoms with van der Waals surface area (Å²) in [4.78, 5) is 18.5. The quantitative estimate of drug-likeness (QED) is 0.401. The van der Waals surface area contributed by atoms with Crippen LogP contribution in [-0.4, -0.2) is 43.1 Å². The standard InChI is InChI=1S/CH2Cl2.Ca.O5P2/c2-1-3;;1-6(2)5-7(3)4/h1H2;;/q;+2;. The third-order valence-corrected chi connectivity index (χ3v) is 1.20. The van der Waals surface area contributed by atoms with E-state index in [1.54, 1.807) is 0 Å². The molecule has 0 bridgehead atoms. The van der Waals surface area contributed by atoms with Gasteiger partial charge in [-0.3, -0.25) is 0 Å². The zero-order valence-electron chi connectivity index (χ0n) is 5.11. The van der Waals surface area contributed by atoms with Crippen LogP contribution in [0.15, 0.2) is 0 Å². The van der Waals surface area contributed by atoms with E-state index in [0.717, 1.165) is 0 Å². The van der Waals surface area contributed by atoms with Crippen LogP contribution >= 0.6 is 39.7 Å². The van der Waals surface area contributed by atoms with Crippen molar-refractivity contribution in [2.24, 2.45) is 0 Å². The SMILES string of the molecule is ClCCl.O=[P+]([O-])O[P+](=O)[O-].[Ca+2]. The smallest absolute Gasteiger partial charge is 0.563 e. The minimum Gasteiger partial charge on any atom is -0.563 e. The molecule has 0 heterocycles. The van der Waals surface area contributed by atoms with Crippen LogP contribution in [0.4, 0.5) is 0 Å². The van der Waals surface area contributed by atoms with Crippen LogP contribution < -0.4 is 9.79 Å². The molecule has 2 atom stereocenters. The Balaban J connectivity index is -0.000000140. The number of hydrogen-bond donors (Lipinski definition) is 0. The predicted octanol–water partition coefficient (Wildman–Crippen LogP) is 0.0791. The van der Waals surface area contributed by atoms with Crippen molar-refractivity contribution in [1.82, 2.24) is 0 Å². The molecule has 0 aromatic carbocycles. The summed E-state index contributed by atoms with van der Waals surface area (Å²) in [7, 11) is -6.47. The molecule has 0 rings (SSSR count). The minimum absolute atomic E-state index is 0. The van der Waals surface area contributed by atoms with Crippen LogP contribution in [0.2, 0.25) is 0 Å². The van der Waals surface area contributed by atoms with Gasteiger partial charge in [-0.2, -0.15) is 0 Å². The van der Waals surface area contributed by atoms with Crippen LogP contribution in [0.1, 0.15) is 0 Å². The van der Waals surface area contributed by atoms with E-state index in [-0.39, 0.29) is 43.1 Å². The Bertz CT molecular complexity index is 109. The van der Waals surface area contributed by atoms with E-state index >= 15 is 0 Å². The summed E-state index contributed by atoms with van der Waals surface area (Å²) < 4.78 is 21.6. The van der Waals surface area contributed by atoms with Gasteiger partial charge in [-0.25, -0.2) is 0 Å². The van der Waals surface area contributed by atoms with Crippen molar-refractivity contribution in [3.63, 3.8) is 0 Å². The van der Waals surface area contributed by atoms with Crippen molar-refractivity contribution in [2.45, 2.75) is 0 Å². The van der Waals surface area contributed by atoms with Crippen LogP contribution in [-0.2, 0) is 13.4 Å². The number of alkyl halides is 2. The second kappa shape index (κ2) is 14.4. The Morgan fingerprint density at radius 2 is 1.36 bits per heavy atom. The van der Waals surface area contributed by atoms with Gasteiger partial charge in [0.15, 0.2) is 0 Å². The Labute approximate surface area is 105 Å². The molecule has 0 aliphatic carbocycles. The molecule has 0 aliphatic heterocycles. The maximum Gasteiger partial charge on any atom is 2.00 e. The molecule has 0 aliphatic rings. The van der Waals surface area contributed by atoms with Gasteiger partial charge in [-0.1, -0.05) is 0 Å². The van der Waals surface area contributed by atoms with Gasteiger partial charge in [-0.15, -0.1) is 23.2 Å². The van der Waals surface area contributed by atoms with Crippen molar-refractivity contribution in [1.29, 1.82) is 0 Å². The van der Waals surface area contributed by atoms with Gasteiger partial charge in [0.2, 0.25) is 0 Å². The first-order chi connectivity index (χ1) is 4.54. The summed E-state index contributed by atoms with van der Waals surface area (Å²) in [5, 5.41) is 0.194. The van der Waals surface area contributed by atoms with E-state index in [2.05, 4.69) is 4.31 Å². The first kappa shape index (κ1) is 18.7. The zero-order valence-corrected chi connectivity index (χ0v) is 10.6. The molecule has 11 heavy (non-hydrogen) atoms. The maximum atomic E-state index is 9.24. The fraction of sp³-hybridized carbons (Fsp3) is 1.00. The van der Waals surface area contributed by atoms with Crippen molar-refractivity contribution < 1.29 is 23.2 Å². The summed E-state index contributed by atoms with van der Waals surface area (Å²) in [5.41, 5.74) is 0. The third kappa shape index (κ3) is 33.5. The largest absolute Gasteiger partial charge is 2.00 e. The second-order valence-corrected chi connectivity index (χ2v) is 2.99. The molecular weight excluding hydrogens is 265 g/mol. The van der Waals surface area contributed by atoms with Crippen LogP contribution in [0, 0.1) is 0 Å². The molecule has 10 heteroatoms. The topological polar surface area (TPSA) is 89.5 Å². The Morgan fingerprint density at radius 3 is 1.36 bits per heavy atom. The molecule has 0 radical (unpaired) electrons. The maximum absolute atomic E-state index is 9.24. The Hall–Kier alpha value is 1.92. The van der Waals surface area contributed by atoms with E-state index < -0.39 is 16.5 Å². The molecule has 0 saturated heterocycles. The van der Waals surface area contributed by atoms with Crippen LogP contribution in [0.3, 0.4) is 0 Å². The molecule has 0 fully saturated rings. The van der Waals surface area contributed by atoms with E-state index in [9.17, 15) is 18.9 Å². The molecule has 5 nitrogen and oxygen atoms in total. The van der Waals surface area contributed by atoms with Gasteiger partial charge in [0.1, 0.15) is 4.31 Å². The first-order valence-corrected chi connectivity index (χ1v) is 4.89. The number of rotatable bonds is 2. The van der Waals surface area contributed by atoms with Crippen molar-refractivity contribution >= 4 is 77.4 Å². The minimum atomic E-state index is -3.24.